The maximum Gasteiger partial charge on any atom is 0.171 e. The highest BCUT2D eigenvalue weighted by atomic mass is 16.7. The van der Waals surface area contributed by atoms with E-state index in [1.54, 1.807) is 5.57 Å². The summed E-state index contributed by atoms with van der Waals surface area (Å²) in [5.41, 5.74) is 2.31. The van der Waals surface area contributed by atoms with Crippen LogP contribution in [0.3, 0.4) is 0 Å². The monoisotopic (exact) mass is 414 g/mol. The van der Waals surface area contributed by atoms with Gasteiger partial charge in [0, 0.05) is 12.3 Å². The Hall–Kier alpha value is -0.380. The first-order chi connectivity index (χ1) is 14.3. The first-order valence-electron chi connectivity index (χ1n) is 13.0. The molecule has 0 aromatic carbocycles. The maximum atomic E-state index is 10.3. The molecule has 6 rings (SSSR count). The number of aliphatic hydroxyl groups excluding tert-OH is 1. The minimum Gasteiger partial charge on any atom is -0.393 e. The van der Waals surface area contributed by atoms with Gasteiger partial charge < -0.3 is 14.6 Å². The van der Waals surface area contributed by atoms with Gasteiger partial charge in [-0.15, -0.1) is 0 Å². The van der Waals surface area contributed by atoms with Crippen molar-refractivity contribution in [3.63, 3.8) is 0 Å². The molecule has 3 heteroatoms. The zero-order valence-corrected chi connectivity index (χ0v) is 19.5. The van der Waals surface area contributed by atoms with Crippen molar-refractivity contribution in [1.82, 2.24) is 0 Å². The molecule has 3 saturated carbocycles. The average Bonchev–Trinajstić information content (AvgIpc) is 3.16. The molecule has 5 fully saturated rings. The van der Waals surface area contributed by atoms with Gasteiger partial charge in [0.15, 0.2) is 5.79 Å². The number of hydrogen-bond acceptors (Lipinski definition) is 3. The second kappa shape index (κ2) is 6.58. The Morgan fingerprint density at radius 1 is 1.03 bits per heavy atom. The van der Waals surface area contributed by atoms with Gasteiger partial charge in [0.2, 0.25) is 0 Å². The molecule has 0 amide bonds. The lowest BCUT2D eigenvalue weighted by molar-refractivity contribution is -0.272. The first-order valence-corrected chi connectivity index (χ1v) is 13.0. The van der Waals surface area contributed by atoms with Crippen LogP contribution in [0, 0.1) is 46.3 Å². The van der Waals surface area contributed by atoms with Crippen molar-refractivity contribution in [1.29, 1.82) is 0 Å². The molecule has 0 aromatic heterocycles. The highest BCUT2D eigenvalue weighted by molar-refractivity contribution is 5.26. The molecule has 0 bridgehead atoms. The lowest BCUT2D eigenvalue weighted by Crippen LogP contribution is -2.52. The minimum atomic E-state index is -0.294. The predicted octanol–water partition coefficient (Wildman–Crippen LogP) is 5.71. The lowest BCUT2D eigenvalue weighted by atomic mass is 9.47. The van der Waals surface area contributed by atoms with Crippen molar-refractivity contribution in [3.05, 3.63) is 11.6 Å². The average molecular weight is 415 g/mol. The number of aliphatic hydroxyl groups is 1. The van der Waals surface area contributed by atoms with E-state index in [-0.39, 0.29) is 11.9 Å². The van der Waals surface area contributed by atoms with Crippen LogP contribution >= 0.6 is 0 Å². The molecular formula is C27H42O3. The summed E-state index contributed by atoms with van der Waals surface area (Å²) in [7, 11) is 0. The summed E-state index contributed by atoms with van der Waals surface area (Å²) in [6.07, 6.45) is 13.5. The summed E-state index contributed by atoms with van der Waals surface area (Å²) < 4.78 is 13.3. The van der Waals surface area contributed by atoms with Crippen molar-refractivity contribution in [3.8, 4) is 0 Å². The van der Waals surface area contributed by atoms with Gasteiger partial charge in [0.25, 0.3) is 0 Å². The normalized spacial score (nSPS) is 59.8. The molecule has 1 spiro atoms. The van der Waals surface area contributed by atoms with E-state index in [1.165, 1.54) is 38.5 Å². The Bertz CT molecular complexity index is 736. The van der Waals surface area contributed by atoms with E-state index in [2.05, 4.69) is 33.8 Å². The first kappa shape index (κ1) is 20.2. The van der Waals surface area contributed by atoms with E-state index >= 15 is 0 Å². The minimum absolute atomic E-state index is 0.107. The van der Waals surface area contributed by atoms with Crippen LogP contribution in [0.1, 0.15) is 85.5 Å². The third-order valence-electron chi connectivity index (χ3n) is 11.3. The summed E-state index contributed by atoms with van der Waals surface area (Å²) in [6.45, 7) is 10.8. The van der Waals surface area contributed by atoms with Crippen LogP contribution in [0.25, 0.3) is 0 Å². The molecule has 3 nitrogen and oxygen atoms in total. The molecular weight excluding hydrogens is 372 g/mol. The van der Waals surface area contributed by atoms with Crippen molar-refractivity contribution in [2.75, 3.05) is 6.61 Å². The highest BCUT2D eigenvalue weighted by Crippen LogP contribution is 2.70. The van der Waals surface area contributed by atoms with Crippen LogP contribution in [-0.2, 0) is 9.47 Å². The maximum absolute atomic E-state index is 10.3. The lowest BCUT2D eigenvalue weighted by Gasteiger charge is -2.58. The molecule has 2 aliphatic heterocycles. The summed E-state index contributed by atoms with van der Waals surface area (Å²) in [5, 5.41) is 10.3. The smallest absolute Gasteiger partial charge is 0.171 e. The van der Waals surface area contributed by atoms with Gasteiger partial charge in [0.05, 0.1) is 18.8 Å². The molecule has 2 heterocycles. The predicted molar refractivity (Wildman–Crippen MR) is 118 cm³/mol. The van der Waals surface area contributed by atoms with E-state index in [1.807, 2.05) is 0 Å². The third-order valence-corrected chi connectivity index (χ3v) is 11.3. The summed E-state index contributed by atoms with van der Waals surface area (Å²) in [4.78, 5) is 0. The quantitative estimate of drug-likeness (QED) is 0.516. The van der Waals surface area contributed by atoms with Crippen molar-refractivity contribution in [2.45, 2.75) is 103 Å². The standard InChI is InChI=1S/C27H42O3/c1-16-7-12-27(29-15-16)17(2)24-23(30-27)14-22-20-6-5-18-13-19(28)8-10-25(18,3)21(20)9-11-26(22,24)4/h5,16-17,19-24,28H,6-15H2,1-4H3/t16-,17?,19-,20+,21-,22-,23?,24?,25-,26-,27+/m0/s1. The molecule has 1 N–H and O–H groups in total. The Kier molecular flexibility index (Phi) is 4.44. The van der Waals surface area contributed by atoms with Crippen molar-refractivity contribution >= 4 is 0 Å². The molecule has 11 atom stereocenters. The van der Waals surface area contributed by atoms with E-state index < -0.39 is 0 Å². The third kappa shape index (κ3) is 2.55. The second-order valence-electron chi connectivity index (χ2n) is 12.7. The molecule has 0 radical (unpaired) electrons. The topological polar surface area (TPSA) is 38.7 Å². The number of ether oxygens (including phenoxy) is 2. The van der Waals surface area contributed by atoms with Crippen LogP contribution in [0.4, 0.5) is 0 Å². The SMILES string of the molecule is CC1C2C(C[C@H]3[C@@H]4CC=C5C[C@@H](O)CC[C@]5(C)[C@H]4CC[C@]23C)O[C@]12CC[C@H](C)CO2. The van der Waals surface area contributed by atoms with Gasteiger partial charge >= 0.3 is 0 Å². The highest BCUT2D eigenvalue weighted by Gasteiger charge is 2.68. The Labute approximate surface area is 183 Å². The van der Waals surface area contributed by atoms with Crippen LogP contribution in [0.15, 0.2) is 11.6 Å². The number of rotatable bonds is 0. The van der Waals surface area contributed by atoms with Crippen LogP contribution in [0.5, 0.6) is 0 Å². The van der Waals surface area contributed by atoms with Gasteiger partial charge in [-0.3, -0.25) is 0 Å². The molecule has 4 aliphatic carbocycles. The number of fused-ring (bicyclic) bond motifs is 7. The van der Waals surface area contributed by atoms with Gasteiger partial charge in [0.1, 0.15) is 0 Å². The molecule has 30 heavy (non-hydrogen) atoms. The molecule has 0 aromatic rings. The Morgan fingerprint density at radius 3 is 2.63 bits per heavy atom. The Morgan fingerprint density at radius 2 is 1.87 bits per heavy atom. The zero-order chi connectivity index (χ0) is 20.9. The van der Waals surface area contributed by atoms with E-state index in [4.69, 9.17) is 9.47 Å². The fourth-order valence-corrected chi connectivity index (χ4v) is 9.66. The van der Waals surface area contributed by atoms with Crippen LogP contribution in [-0.4, -0.2) is 29.7 Å². The van der Waals surface area contributed by atoms with Gasteiger partial charge in [-0.05, 0) is 91.8 Å². The summed E-state index contributed by atoms with van der Waals surface area (Å²) >= 11 is 0. The Balaban J connectivity index is 1.28. The fourth-order valence-electron chi connectivity index (χ4n) is 9.66. The van der Waals surface area contributed by atoms with E-state index in [9.17, 15) is 5.11 Å². The van der Waals surface area contributed by atoms with Gasteiger partial charge in [-0.2, -0.15) is 0 Å². The van der Waals surface area contributed by atoms with Crippen molar-refractivity contribution < 1.29 is 14.6 Å². The zero-order valence-electron chi connectivity index (χ0n) is 19.5. The summed E-state index contributed by atoms with van der Waals surface area (Å²) in [5.74, 6) is 3.94. The second-order valence-corrected chi connectivity index (χ2v) is 12.7. The van der Waals surface area contributed by atoms with E-state index in [0.717, 1.165) is 43.6 Å². The van der Waals surface area contributed by atoms with Crippen LogP contribution in [0.2, 0.25) is 0 Å². The fraction of sp³-hybridized carbons (Fsp3) is 0.926. The molecule has 3 unspecified atom stereocenters. The summed E-state index contributed by atoms with van der Waals surface area (Å²) in [6, 6.07) is 0. The molecule has 6 aliphatic rings. The van der Waals surface area contributed by atoms with Gasteiger partial charge in [-0.1, -0.05) is 39.3 Å². The van der Waals surface area contributed by atoms with Gasteiger partial charge in [-0.25, -0.2) is 0 Å². The molecule has 168 valence electrons. The van der Waals surface area contributed by atoms with Crippen LogP contribution < -0.4 is 0 Å². The van der Waals surface area contributed by atoms with Crippen molar-refractivity contribution in [2.24, 2.45) is 46.3 Å². The number of allylic oxidation sites excluding steroid dienone is 1. The van der Waals surface area contributed by atoms with E-state index in [0.29, 0.717) is 34.7 Å². The number of hydrogen-bond donors (Lipinski definition) is 1. The largest absolute Gasteiger partial charge is 0.393 e. The molecule has 2 saturated heterocycles.